The minimum atomic E-state index is -4.57. The molecule has 0 bridgehead atoms. The van der Waals surface area contributed by atoms with E-state index in [-0.39, 0.29) is 57.1 Å². The first-order valence-electron chi connectivity index (χ1n) is 8.46. The molecule has 2 rings (SSSR count). The van der Waals surface area contributed by atoms with Gasteiger partial charge in [0.25, 0.3) is 10.1 Å². The third kappa shape index (κ3) is 7.30. The number of rotatable bonds is 9. The van der Waals surface area contributed by atoms with E-state index < -0.39 is 20.8 Å². The second-order valence-corrected chi connectivity index (χ2v) is 7.32. The van der Waals surface area contributed by atoms with Crippen LogP contribution < -0.4 is 61.2 Å². The van der Waals surface area contributed by atoms with Crippen molar-refractivity contribution in [3.63, 3.8) is 0 Å². The van der Waals surface area contributed by atoms with E-state index in [4.69, 9.17) is 4.74 Å². The van der Waals surface area contributed by atoms with E-state index in [0.29, 0.717) is 17.7 Å². The Kier molecular flexibility index (Phi) is 10.4. The van der Waals surface area contributed by atoms with Crippen LogP contribution in [0.3, 0.4) is 0 Å². The van der Waals surface area contributed by atoms with Crippen molar-refractivity contribution in [3.05, 3.63) is 48.0 Å². The third-order valence-electron chi connectivity index (χ3n) is 3.89. The first-order valence-corrected chi connectivity index (χ1v) is 9.90. The first-order chi connectivity index (χ1) is 11.9. The van der Waals surface area contributed by atoms with Gasteiger partial charge in [-0.15, -0.1) is 0 Å². The van der Waals surface area contributed by atoms with Gasteiger partial charge in [-0.1, -0.05) is 56.6 Å². The predicted octanol–water partition coefficient (Wildman–Crippen LogP) is 1.32. The molecule has 26 heavy (non-hydrogen) atoms. The van der Waals surface area contributed by atoms with E-state index in [2.05, 4.69) is 6.92 Å². The van der Waals surface area contributed by atoms with Gasteiger partial charge < -0.3 is 9.84 Å². The van der Waals surface area contributed by atoms with Gasteiger partial charge in [-0.25, -0.2) is 0 Å². The fourth-order valence-electron chi connectivity index (χ4n) is 2.71. The van der Waals surface area contributed by atoms with Gasteiger partial charge in [0.2, 0.25) is 0 Å². The maximum absolute atomic E-state index is 12.2. The summed E-state index contributed by atoms with van der Waals surface area (Å²) in [4.78, 5) is -0.539. The van der Waals surface area contributed by atoms with Gasteiger partial charge in [0.1, 0.15) is 11.5 Å². The summed E-state index contributed by atoms with van der Waals surface area (Å²) in [7, 11) is -4.57. The Morgan fingerprint density at radius 3 is 2.27 bits per heavy atom. The topological polar surface area (TPSA) is 86.7 Å². The molecule has 0 atom stereocenters. The number of benzene rings is 2. The van der Waals surface area contributed by atoms with Crippen LogP contribution in [-0.2, 0) is 16.5 Å². The average Bonchev–Trinajstić information content (AvgIpc) is 2.54. The second-order valence-electron chi connectivity index (χ2n) is 5.96. The minimum Gasteiger partial charge on any atom is -0.871 e. The molecule has 5 nitrogen and oxygen atoms in total. The van der Waals surface area contributed by atoms with Gasteiger partial charge in [0.15, 0.2) is 0 Å². The summed E-state index contributed by atoms with van der Waals surface area (Å²) in [6, 6.07) is 11.5. The van der Waals surface area contributed by atoms with Crippen LogP contribution in [0.2, 0.25) is 0 Å². The largest absolute Gasteiger partial charge is 1.00 e. The van der Waals surface area contributed by atoms with E-state index in [0.717, 1.165) is 38.2 Å². The van der Waals surface area contributed by atoms with Gasteiger partial charge in [0.05, 0.1) is 4.90 Å². The summed E-state index contributed by atoms with van der Waals surface area (Å²) >= 11 is 0. The molecule has 2 aromatic rings. The number of hydrogen-bond acceptors (Lipinski definition) is 4. The summed E-state index contributed by atoms with van der Waals surface area (Å²) < 4.78 is 38.2. The minimum absolute atomic E-state index is 0. The molecule has 0 heterocycles. The summed E-state index contributed by atoms with van der Waals surface area (Å²) in [6.07, 6.45) is 5.38. The quantitative estimate of drug-likeness (QED) is 0.388. The Morgan fingerprint density at radius 2 is 1.65 bits per heavy atom. The molecule has 136 valence electrons. The zero-order valence-electron chi connectivity index (χ0n) is 15.3. The number of ether oxygens (including phenoxy) is 1. The molecule has 7 heteroatoms. The Hall–Kier alpha value is -0.414. The molecule has 0 fully saturated rings. The Balaban J connectivity index is 0.00000338. The molecular weight excluding hydrogens is 379 g/mol. The summed E-state index contributed by atoms with van der Waals surface area (Å²) in [5.41, 5.74) is 0.303. The number of unbranched alkanes of at least 4 members (excludes halogenated alkanes) is 4. The monoisotopic (exact) mass is 402 g/mol. The van der Waals surface area contributed by atoms with Gasteiger partial charge in [0, 0.05) is 0 Å². The van der Waals surface area contributed by atoms with Crippen molar-refractivity contribution in [1.82, 2.24) is 0 Å². The van der Waals surface area contributed by atoms with E-state index >= 15 is 0 Å². The van der Waals surface area contributed by atoms with Crippen LogP contribution in [0.1, 0.15) is 44.6 Å². The Morgan fingerprint density at radius 1 is 1.00 bits per heavy atom. The van der Waals surface area contributed by atoms with E-state index in [1.807, 2.05) is 6.07 Å². The molecule has 0 amide bonds. The normalized spacial score (nSPS) is 11.0. The third-order valence-corrected chi connectivity index (χ3v) is 4.87. The standard InChI is InChI=1S/C19H24O5S.K/c1-2-3-4-5-7-10-15-13-17(24-16-11-8-6-9-12-16)14-18(20)19(15)25(21,22)23;/h6,8-9,11-14,20H,2-5,7,10H2,1H3,(H,21,22,23);/q;+1/p-1. The van der Waals surface area contributed by atoms with Crippen molar-refractivity contribution < 1.29 is 74.2 Å². The van der Waals surface area contributed by atoms with E-state index in [1.54, 1.807) is 24.3 Å². The molecule has 0 saturated carbocycles. The summed E-state index contributed by atoms with van der Waals surface area (Å²) in [5.74, 6) is 0.0713. The predicted molar refractivity (Wildman–Crippen MR) is 94.7 cm³/mol. The molecular formula is C19H23KO5S. The molecule has 0 unspecified atom stereocenters. The van der Waals surface area contributed by atoms with Gasteiger partial charge in [-0.3, -0.25) is 4.55 Å². The second kappa shape index (κ2) is 11.4. The number of aryl methyl sites for hydroxylation is 1. The smallest absolute Gasteiger partial charge is 0.871 e. The van der Waals surface area contributed by atoms with Gasteiger partial charge in [-0.05, 0) is 42.7 Å². The Bertz CT molecular complexity index is 791. The van der Waals surface area contributed by atoms with Crippen LogP contribution in [0, 0.1) is 0 Å². The summed E-state index contributed by atoms with van der Waals surface area (Å²) in [5, 5.41) is 12.2. The maximum atomic E-state index is 12.2. The molecule has 0 aliphatic carbocycles. The van der Waals surface area contributed by atoms with Crippen LogP contribution in [-0.4, -0.2) is 13.0 Å². The zero-order chi connectivity index (χ0) is 18.3. The zero-order valence-corrected chi connectivity index (χ0v) is 19.2. The van der Waals surface area contributed by atoms with Gasteiger partial charge >= 0.3 is 51.4 Å². The van der Waals surface area contributed by atoms with Crippen LogP contribution in [0.4, 0.5) is 0 Å². The van der Waals surface area contributed by atoms with Crippen LogP contribution in [0.25, 0.3) is 0 Å². The van der Waals surface area contributed by atoms with Crippen molar-refractivity contribution in [2.45, 2.75) is 50.3 Å². The van der Waals surface area contributed by atoms with Crippen molar-refractivity contribution in [3.8, 4) is 17.2 Å². The van der Waals surface area contributed by atoms with Crippen molar-refractivity contribution in [2.24, 2.45) is 0 Å². The molecule has 0 spiro atoms. The molecule has 0 aliphatic rings. The van der Waals surface area contributed by atoms with Crippen molar-refractivity contribution in [1.29, 1.82) is 0 Å². The molecule has 0 radical (unpaired) electrons. The van der Waals surface area contributed by atoms with Crippen LogP contribution in [0.5, 0.6) is 17.2 Å². The molecule has 2 aromatic carbocycles. The van der Waals surface area contributed by atoms with Crippen LogP contribution >= 0.6 is 0 Å². The fraction of sp³-hybridized carbons (Fsp3) is 0.368. The molecule has 0 aliphatic heterocycles. The number of para-hydroxylation sites is 1. The van der Waals surface area contributed by atoms with Crippen molar-refractivity contribution in [2.75, 3.05) is 0 Å². The first kappa shape index (κ1) is 23.6. The van der Waals surface area contributed by atoms with Crippen LogP contribution in [0.15, 0.2) is 47.4 Å². The Labute approximate surface area is 198 Å². The SMILES string of the molecule is CCCCCCCc1cc(Oc2ccccc2)cc([O-])c1S(=O)(=O)O.[K+]. The molecule has 1 N–H and O–H groups in total. The number of hydrogen-bond donors (Lipinski definition) is 1. The molecule has 0 aromatic heterocycles. The summed E-state index contributed by atoms with van der Waals surface area (Å²) in [6.45, 7) is 2.12. The average molecular weight is 403 g/mol. The molecule has 0 saturated heterocycles. The van der Waals surface area contributed by atoms with Crippen molar-refractivity contribution >= 4 is 10.1 Å². The maximum Gasteiger partial charge on any atom is 1.00 e. The van der Waals surface area contributed by atoms with Gasteiger partial charge in [-0.2, -0.15) is 8.42 Å². The fourth-order valence-corrected chi connectivity index (χ4v) is 3.52. The van der Waals surface area contributed by atoms with E-state index in [1.165, 1.54) is 6.07 Å². The van der Waals surface area contributed by atoms with E-state index in [9.17, 15) is 18.1 Å².